The molecule has 5 heterocycles. The van der Waals surface area contributed by atoms with Gasteiger partial charge >= 0.3 is 0 Å². The highest BCUT2D eigenvalue weighted by Crippen LogP contribution is 2.39. The Hall–Kier alpha value is -1.13. The van der Waals surface area contributed by atoms with Crippen molar-refractivity contribution in [3.63, 3.8) is 0 Å². The molecule has 7 nitrogen and oxygen atoms in total. The molecule has 158 valence electrons. The number of anilines is 2. The lowest BCUT2D eigenvalue weighted by atomic mass is 9.99. The number of nitrogens with one attached hydrogen (secondary N) is 1. The smallest absolute Gasteiger partial charge is 0.186 e. The van der Waals surface area contributed by atoms with Gasteiger partial charge in [0.15, 0.2) is 5.65 Å². The highest BCUT2D eigenvalue weighted by molar-refractivity contribution is 14.1. The highest BCUT2D eigenvalue weighted by atomic mass is 127. The van der Waals surface area contributed by atoms with Crippen LogP contribution < -0.4 is 9.80 Å². The number of piperidine rings is 1. The Balaban J connectivity index is 1.51. The van der Waals surface area contributed by atoms with E-state index in [0.717, 1.165) is 53.2 Å². The fourth-order valence-electron chi connectivity index (χ4n) is 5.31. The van der Waals surface area contributed by atoms with Crippen LogP contribution in [0.25, 0.3) is 11.0 Å². The molecule has 0 aromatic carbocycles. The van der Waals surface area contributed by atoms with Gasteiger partial charge in [-0.3, -0.25) is 5.10 Å². The minimum atomic E-state index is 0.282. The Kier molecular flexibility index (Phi) is 5.36. The van der Waals surface area contributed by atoms with Crippen LogP contribution in [0.4, 0.5) is 11.5 Å². The van der Waals surface area contributed by atoms with Crippen molar-refractivity contribution in [1.82, 2.24) is 15.2 Å². The van der Waals surface area contributed by atoms with Gasteiger partial charge in [-0.05, 0) is 69.0 Å². The van der Waals surface area contributed by atoms with Crippen molar-refractivity contribution >= 4 is 45.1 Å². The second kappa shape index (κ2) is 7.85. The maximum absolute atomic E-state index is 6.12. The van der Waals surface area contributed by atoms with Crippen molar-refractivity contribution in [2.45, 2.75) is 76.8 Å². The molecule has 2 bridgehead atoms. The van der Waals surface area contributed by atoms with E-state index < -0.39 is 0 Å². The zero-order valence-electron chi connectivity index (χ0n) is 17.4. The van der Waals surface area contributed by atoms with Gasteiger partial charge in [-0.1, -0.05) is 0 Å². The standard InChI is InChI=1S/C21H30IN5O2/c1-12(2)29-16-6-7-26(13(3)8-16)17-9-18(23-21-19(17)20(22)24-25-21)27-14-4-5-15(27)11-28-10-14/h9,12-16H,4-8,10-11H2,1-3H3,(H,23,24,25)/t13-,14?,15?,16?/m1/s1. The van der Waals surface area contributed by atoms with Gasteiger partial charge in [0.05, 0.1) is 48.6 Å². The van der Waals surface area contributed by atoms with Crippen LogP contribution >= 0.6 is 22.6 Å². The Morgan fingerprint density at radius 2 is 2.00 bits per heavy atom. The number of morpholine rings is 1. The average Bonchev–Trinajstić information content (AvgIpc) is 3.17. The van der Waals surface area contributed by atoms with Crippen molar-refractivity contribution in [1.29, 1.82) is 0 Å². The lowest BCUT2D eigenvalue weighted by Crippen LogP contribution is -2.47. The Morgan fingerprint density at radius 1 is 1.24 bits per heavy atom. The maximum Gasteiger partial charge on any atom is 0.186 e. The summed E-state index contributed by atoms with van der Waals surface area (Å²) in [7, 11) is 0. The fourth-order valence-corrected chi connectivity index (χ4v) is 5.95. The normalized spacial score (nSPS) is 30.0. The second-order valence-electron chi connectivity index (χ2n) is 8.94. The first-order chi connectivity index (χ1) is 14.0. The third-order valence-corrected chi connectivity index (χ3v) is 7.33. The summed E-state index contributed by atoms with van der Waals surface area (Å²) in [5, 5.41) is 8.82. The molecule has 3 aliphatic rings. The molecular formula is C21H30IN5O2. The fraction of sp³-hybridized carbons (Fsp3) is 0.714. The van der Waals surface area contributed by atoms with E-state index >= 15 is 0 Å². The van der Waals surface area contributed by atoms with E-state index in [9.17, 15) is 0 Å². The summed E-state index contributed by atoms with van der Waals surface area (Å²) < 4.78 is 13.0. The molecule has 2 aromatic rings. The number of pyridine rings is 1. The zero-order valence-corrected chi connectivity index (χ0v) is 19.6. The second-order valence-corrected chi connectivity index (χ2v) is 10.0. The van der Waals surface area contributed by atoms with Crippen LogP contribution in [0.2, 0.25) is 0 Å². The number of ether oxygens (including phenoxy) is 2. The minimum Gasteiger partial charge on any atom is -0.377 e. The van der Waals surface area contributed by atoms with E-state index in [0.29, 0.717) is 24.2 Å². The van der Waals surface area contributed by atoms with Gasteiger partial charge < -0.3 is 19.3 Å². The van der Waals surface area contributed by atoms with E-state index in [2.05, 4.69) is 69.4 Å². The van der Waals surface area contributed by atoms with Gasteiger partial charge in [-0.25, -0.2) is 4.98 Å². The van der Waals surface area contributed by atoms with Crippen molar-refractivity contribution in [3.05, 3.63) is 9.77 Å². The van der Waals surface area contributed by atoms with Gasteiger partial charge in [-0.2, -0.15) is 5.10 Å². The molecule has 29 heavy (non-hydrogen) atoms. The monoisotopic (exact) mass is 511 g/mol. The molecule has 0 amide bonds. The number of hydrogen-bond acceptors (Lipinski definition) is 6. The summed E-state index contributed by atoms with van der Waals surface area (Å²) >= 11 is 2.35. The molecule has 3 fully saturated rings. The van der Waals surface area contributed by atoms with Crippen LogP contribution in [-0.4, -0.2) is 65.3 Å². The summed E-state index contributed by atoms with van der Waals surface area (Å²) in [6, 6.07) is 3.59. The lowest BCUT2D eigenvalue weighted by molar-refractivity contribution is -0.0107. The van der Waals surface area contributed by atoms with Gasteiger partial charge in [0.1, 0.15) is 9.52 Å². The number of aromatic amines is 1. The van der Waals surface area contributed by atoms with Crippen LogP contribution in [0.15, 0.2) is 6.07 Å². The number of rotatable bonds is 4. The van der Waals surface area contributed by atoms with E-state index in [1.165, 1.54) is 18.5 Å². The molecule has 3 unspecified atom stereocenters. The summed E-state index contributed by atoms with van der Waals surface area (Å²) in [6.45, 7) is 9.16. The molecule has 4 atom stereocenters. The summed E-state index contributed by atoms with van der Waals surface area (Å²) in [5.41, 5.74) is 2.07. The summed E-state index contributed by atoms with van der Waals surface area (Å²) in [5.74, 6) is 1.05. The molecule has 2 aromatic heterocycles. The molecular weight excluding hydrogens is 481 g/mol. The first-order valence-electron chi connectivity index (χ1n) is 10.8. The topological polar surface area (TPSA) is 66.5 Å². The Labute approximate surface area is 185 Å². The number of fused-ring (bicyclic) bond motifs is 3. The minimum absolute atomic E-state index is 0.282. The third-order valence-electron chi connectivity index (χ3n) is 6.55. The Bertz CT molecular complexity index is 871. The van der Waals surface area contributed by atoms with E-state index in [1.807, 2.05) is 0 Å². The summed E-state index contributed by atoms with van der Waals surface area (Å²) in [4.78, 5) is 10.00. The van der Waals surface area contributed by atoms with Gasteiger partial charge in [0.25, 0.3) is 0 Å². The number of halogens is 1. The van der Waals surface area contributed by atoms with E-state index in [1.54, 1.807) is 0 Å². The third kappa shape index (κ3) is 3.61. The quantitative estimate of drug-likeness (QED) is 0.632. The number of hydrogen-bond donors (Lipinski definition) is 1. The molecule has 3 saturated heterocycles. The maximum atomic E-state index is 6.12. The number of aromatic nitrogens is 3. The number of H-pyrrole nitrogens is 1. The van der Waals surface area contributed by atoms with Crippen LogP contribution in [-0.2, 0) is 9.47 Å². The van der Waals surface area contributed by atoms with Gasteiger partial charge in [0.2, 0.25) is 0 Å². The van der Waals surface area contributed by atoms with Crippen molar-refractivity contribution in [2.75, 3.05) is 29.6 Å². The molecule has 0 aliphatic carbocycles. The lowest BCUT2D eigenvalue weighted by Gasteiger charge is -2.41. The van der Waals surface area contributed by atoms with Crippen molar-refractivity contribution < 1.29 is 9.47 Å². The largest absolute Gasteiger partial charge is 0.377 e. The predicted octanol–water partition coefficient (Wildman–Crippen LogP) is 3.71. The average molecular weight is 511 g/mol. The molecule has 8 heteroatoms. The molecule has 1 N–H and O–H groups in total. The molecule has 0 saturated carbocycles. The van der Waals surface area contributed by atoms with Crippen molar-refractivity contribution in [3.8, 4) is 0 Å². The molecule has 0 radical (unpaired) electrons. The van der Waals surface area contributed by atoms with Gasteiger partial charge in [-0.15, -0.1) is 0 Å². The predicted molar refractivity (Wildman–Crippen MR) is 123 cm³/mol. The first kappa shape index (κ1) is 19.8. The van der Waals surface area contributed by atoms with Crippen LogP contribution in [0.1, 0.15) is 46.5 Å². The highest BCUT2D eigenvalue weighted by Gasteiger charge is 2.39. The van der Waals surface area contributed by atoms with Crippen molar-refractivity contribution in [2.24, 2.45) is 0 Å². The Morgan fingerprint density at radius 3 is 2.69 bits per heavy atom. The molecule has 3 aliphatic heterocycles. The zero-order chi connectivity index (χ0) is 20.1. The van der Waals surface area contributed by atoms with E-state index in [-0.39, 0.29) is 6.10 Å². The van der Waals surface area contributed by atoms with Crippen LogP contribution in [0, 0.1) is 3.70 Å². The van der Waals surface area contributed by atoms with Crippen LogP contribution in [0.5, 0.6) is 0 Å². The van der Waals surface area contributed by atoms with Gasteiger partial charge in [0, 0.05) is 18.7 Å². The first-order valence-corrected chi connectivity index (χ1v) is 11.9. The van der Waals surface area contributed by atoms with Crippen LogP contribution in [0.3, 0.4) is 0 Å². The summed E-state index contributed by atoms with van der Waals surface area (Å²) in [6.07, 6.45) is 5.10. The van der Waals surface area contributed by atoms with E-state index in [4.69, 9.17) is 14.5 Å². The number of nitrogens with zero attached hydrogens (tertiary/aromatic N) is 4. The molecule has 5 rings (SSSR count). The SMILES string of the molecule is CC(C)OC1CCN(c2cc(N3C4CCC3COC4)nc3n[nH]c(I)c23)[C@H](C)C1. The molecule has 0 spiro atoms.